The van der Waals surface area contributed by atoms with Gasteiger partial charge in [-0.3, -0.25) is 4.90 Å². The fourth-order valence-corrected chi connectivity index (χ4v) is 2.30. The molecule has 94 valence electrons. The molecule has 1 atom stereocenters. The van der Waals surface area contributed by atoms with Gasteiger partial charge in [0.2, 0.25) is 0 Å². The predicted octanol–water partition coefficient (Wildman–Crippen LogP) is 1.15. The van der Waals surface area contributed by atoms with Gasteiger partial charge in [-0.05, 0) is 25.5 Å². The fourth-order valence-electron chi connectivity index (χ4n) is 2.30. The van der Waals surface area contributed by atoms with Gasteiger partial charge in [-0.15, -0.1) is 0 Å². The minimum Gasteiger partial charge on any atom is -0.395 e. The maximum absolute atomic E-state index is 9.43. The number of nitrogens with one attached hydrogen (secondary N) is 1. The van der Waals surface area contributed by atoms with E-state index in [1.165, 1.54) is 11.1 Å². The minimum atomic E-state index is 0.235. The number of aliphatic hydroxyl groups is 1. The highest BCUT2D eigenvalue weighted by Gasteiger charge is 2.19. The summed E-state index contributed by atoms with van der Waals surface area (Å²) in [5, 5.41) is 12.8. The second-order valence-electron chi connectivity index (χ2n) is 4.85. The molecule has 1 aliphatic heterocycles. The molecule has 3 heteroatoms. The summed E-state index contributed by atoms with van der Waals surface area (Å²) in [6, 6.07) is 8.92. The van der Waals surface area contributed by atoms with Crippen LogP contribution in [0.2, 0.25) is 0 Å². The zero-order chi connectivity index (χ0) is 12.1. The summed E-state index contributed by atoms with van der Waals surface area (Å²) in [4.78, 5) is 2.38. The molecule has 1 unspecified atom stereocenters. The largest absolute Gasteiger partial charge is 0.395 e. The van der Waals surface area contributed by atoms with Gasteiger partial charge in [-0.25, -0.2) is 0 Å². The highest BCUT2D eigenvalue weighted by atomic mass is 16.3. The smallest absolute Gasteiger partial charge is 0.0599 e. The second-order valence-corrected chi connectivity index (χ2v) is 4.85. The normalized spacial score (nSPS) is 22.4. The predicted molar refractivity (Wildman–Crippen MR) is 69.9 cm³/mol. The topological polar surface area (TPSA) is 35.5 Å². The van der Waals surface area contributed by atoms with Crippen molar-refractivity contribution in [3.63, 3.8) is 0 Å². The van der Waals surface area contributed by atoms with Crippen molar-refractivity contribution in [1.29, 1.82) is 0 Å². The standard InChI is InChI=1S/C14H22N2O/c1-12-3-5-13(6-4-12)10-16-8-2-7-15-9-14(16)11-17/h3-6,14-15,17H,2,7-11H2,1H3. The van der Waals surface area contributed by atoms with Crippen molar-refractivity contribution in [3.05, 3.63) is 35.4 Å². The molecule has 0 radical (unpaired) electrons. The van der Waals surface area contributed by atoms with Gasteiger partial charge in [0.05, 0.1) is 6.61 Å². The summed E-state index contributed by atoms with van der Waals surface area (Å²) in [6.07, 6.45) is 1.16. The third-order valence-electron chi connectivity index (χ3n) is 3.41. The Kier molecular flexibility index (Phi) is 4.54. The molecule has 17 heavy (non-hydrogen) atoms. The first-order chi connectivity index (χ1) is 8.29. The molecule has 0 aromatic heterocycles. The quantitative estimate of drug-likeness (QED) is 0.823. The van der Waals surface area contributed by atoms with E-state index in [2.05, 4.69) is 41.4 Å². The second kappa shape index (κ2) is 6.15. The van der Waals surface area contributed by atoms with Crippen LogP contribution in [0.25, 0.3) is 0 Å². The molecule has 0 saturated carbocycles. The van der Waals surface area contributed by atoms with Crippen LogP contribution in [-0.2, 0) is 6.54 Å². The molecular weight excluding hydrogens is 212 g/mol. The van der Waals surface area contributed by atoms with Gasteiger partial charge in [-0.2, -0.15) is 0 Å². The van der Waals surface area contributed by atoms with Gasteiger partial charge in [-0.1, -0.05) is 29.8 Å². The Bertz CT molecular complexity index is 337. The molecule has 0 bridgehead atoms. The molecule has 1 aromatic rings. The van der Waals surface area contributed by atoms with Crippen molar-refractivity contribution in [2.45, 2.75) is 25.9 Å². The van der Waals surface area contributed by atoms with Crippen molar-refractivity contribution in [3.8, 4) is 0 Å². The van der Waals surface area contributed by atoms with Crippen LogP contribution in [0.3, 0.4) is 0 Å². The molecule has 0 aliphatic carbocycles. The number of rotatable bonds is 3. The average molecular weight is 234 g/mol. The van der Waals surface area contributed by atoms with Crippen LogP contribution in [0, 0.1) is 6.92 Å². The Hall–Kier alpha value is -0.900. The maximum atomic E-state index is 9.43. The third kappa shape index (κ3) is 3.53. The number of benzene rings is 1. The molecular formula is C14H22N2O. The molecule has 1 heterocycles. The highest BCUT2D eigenvalue weighted by molar-refractivity contribution is 5.21. The summed E-state index contributed by atoms with van der Waals surface area (Å²) < 4.78 is 0. The third-order valence-corrected chi connectivity index (χ3v) is 3.41. The van der Waals surface area contributed by atoms with E-state index in [9.17, 15) is 5.11 Å². The van der Waals surface area contributed by atoms with E-state index in [1.54, 1.807) is 0 Å². The van der Waals surface area contributed by atoms with Crippen molar-refractivity contribution in [2.24, 2.45) is 0 Å². The first-order valence-electron chi connectivity index (χ1n) is 6.41. The Morgan fingerprint density at radius 3 is 2.82 bits per heavy atom. The van der Waals surface area contributed by atoms with Crippen LogP contribution in [0.4, 0.5) is 0 Å². The lowest BCUT2D eigenvalue weighted by Crippen LogP contribution is -2.41. The summed E-state index contributed by atoms with van der Waals surface area (Å²) in [5.74, 6) is 0. The molecule has 1 aromatic carbocycles. The van der Waals surface area contributed by atoms with Crippen molar-refractivity contribution >= 4 is 0 Å². The molecule has 2 N–H and O–H groups in total. The number of hydrogen-bond donors (Lipinski definition) is 2. The molecule has 1 saturated heterocycles. The minimum absolute atomic E-state index is 0.235. The molecule has 2 rings (SSSR count). The lowest BCUT2D eigenvalue weighted by molar-refractivity contribution is 0.126. The summed E-state index contributed by atoms with van der Waals surface area (Å²) in [7, 11) is 0. The van der Waals surface area contributed by atoms with Gasteiger partial charge >= 0.3 is 0 Å². The van der Waals surface area contributed by atoms with E-state index in [0.29, 0.717) is 0 Å². The molecule has 0 spiro atoms. The Morgan fingerprint density at radius 1 is 1.35 bits per heavy atom. The van der Waals surface area contributed by atoms with Crippen LogP contribution >= 0.6 is 0 Å². The SMILES string of the molecule is Cc1ccc(CN2CCCNCC2CO)cc1. The Labute approximate surface area is 103 Å². The van der Waals surface area contributed by atoms with Crippen molar-refractivity contribution in [1.82, 2.24) is 10.2 Å². The van der Waals surface area contributed by atoms with E-state index < -0.39 is 0 Å². The van der Waals surface area contributed by atoms with Gasteiger partial charge in [0.1, 0.15) is 0 Å². The summed E-state index contributed by atoms with van der Waals surface area (Å²) >= 11 is 0. The first kappa shape index (κ1) is 12.6. The van der Waals surface area contributed by atoms with Crippen molar-refractivity contribution in [2.75, 3.05) is 26.2 Å². The summed E-state index contributed by atoms with van der Waals surface area (Å²) in [5.41, 5.74) is 2.63. The van der Waals surface area contributed by atoms with Gasteiger partial charge in [0.25, 0.3) is 0 Å². The number of aliphatic hydroxyl groups excluding tert-OH is 1. The van der Waals surface area contributed by atoms with Gasteiger partial charge in [0, 0.05) is 25.7 Å². The van der Waals surface area contributed by atoms with Crippen LogP contribution in [0.5, 0.6) is 0 Å². The van der Waals surface area contributed by atoms with E-state index in [-0.39, 0.29) is 12.6 Å². The first-order valence-corrected chi connectivity index (χ1v) is 6.41. The number of hydrogen-bond acceptors (Lipinski definition) is 3. The zero-order valence-corrected chi connectivity index (χ0v) is 10.5. The van der Waals surface area contributed by atoms with E-state index in [4.69, 9.17) is 0 Å². The maximum Gasteiger partial charge on any atom is 0.0599 e. The number of aryl methyl sites for hydroxylation is 1. The number of nitrogens with zero attached hydrogens (tertiary/aromatic N) is 1. The molecule has 1 aliphatic rings. The highest BCUT2D eigenvalue weighted by Crippen LogP contribution is 2.11. The molecule has 1 fully saturated rings. The van der Waals surface area contributed by atoms with E-state index >= 15 is 0 Å². The van der Waals surface area contributed by atoms with Crippen LogP contribution in [-0.4, -0.2) is 42.3 Å². The molecule has 3 nitrogen and oxygen atoms in total. The van der Waals surface area contributed by atoms with E-state index in [1.807, 2.05) is 0 Å². The Balaban J connectivity index is 2.01. The Morgan fingerprint density at radius 2 is 2.12 bits per heavy atom. The van der Waals surface area contributed by atoms with E-state index in [0.717, 1.165) is 32.6 Å². The molecule has 0 amide bonds. The average Bonchev–Trinajstić information content (AvgIpc) is 2.57. The summed E-state index contributed by atoms with van der Waals surface area (Å²) in [6.45, 7) is 6.29. The fraction of sp³-hybridized carbons (Fsp3) is 0.571. The van der Waals surface area contributed by atoms with Crippen LogP contribution < -0.4 is 5.32 Å². The monoisotopic (exact) mass is 234 g/mol. The van der Waals surface area contributed by atoms with Crippen molar-refractivity contribution < 1.29 is 5.11 Å². The lowest BCUT2D eigenvalue weighted by Gasteiger charge is -2.28. The van der Waals surface area contributed by atoms with Gasteiger partial charge < -0.3 is 10.4 Å². The zero-order valence-electron chi connectivity index (χ0n) is 10.5. The van der Waals surface area contributed by atoms with Crippen LogP contribution in [0.1, 0.15) is 17.5 Å². The van der Waals surface area contributed by atoms with Crippen LogP contribution in [0.15, 0.2) is 24.3 Å². The van der Waals surface area contributed by atoms with Gasteiger partial charge in [0.15, 0.2) is 0 Å². The lowest BCUT2D eigenvalue weighted by atomic mass is 10.1.